The van der Waals surface area contributed by atoms with Gasteiger partial charge in [-0.25, -0.2) is 0 Å². The van der Waals surface area contributed by atoms with E-state index >= 15 is 0 Å². The maximum Gasteiger partial charge on any atom is 0.00955 e. The van der Waals surface area contributed by atoms with E-state index in [9.17, 15) is 0 Å². The van der Waals surface area contributed by atoms with E-state index in [1.807, 2.05) is 0 Å². The molecule has 0 radical (unpaired) electrons. The Balaban J connectivity index is -0.000000187. The molecule has 2 atom stereocenters. The number of nitrogens with one attached hydrogen (secondary N) is 1. The van der Waals surface area contributed by atoms with Crippen LogP contribution in [-0.4, -0.2) is 25.7 Å². The molecule has 0 saturated heterocycles. The second kappa shape index (κ2) is 25.0. The molecule has 0 fully saturated rings. The van der Waals surface area contributed by atoms with Gasteiger partial charge in [-0.05, 0) is 51.2 Å². The molecule has 0 amide bonds. The molecule has 20 heavy (non-hydrogen) atoms. The number of unbranched alkanes of at least 4 members (excludes halogenated alkanes) is 1. The van der Waals surface area contributed by atoms with Gasteiger partial charge in [0.2, 0.25) is 0 Å². The van der Waals surface area contributed by atoms with Crippen molar-refractivity contribution in [1.29, 1.82) is 0 Å². The maximum absolute atomic E-state index is 5.71. The lowest BCUT2D eigenvalue weighted by atomic mass is 9.88. The average molecular weight is 375 g/mol. The van der Waals surface area contributed by atoms with Crippen molar-refractivity contribution in [3.63, 3.8) is 0 Å². The van der Waals surface area contributed by atoms with Crippen molar-refractivity contribution in [2.24, 2.45) is 17.4 Å². The predicted octanol–water partition coefficient (Wildman–Crippen LogP) is 3.55. The maximum atomic E-state index is 5.71. The number of hydrogen-bond donors (Lipinski definition) is 3. The molecule has 0 aliphatic heterocycles. The van der Waals surface area contributed by atoms with Gasteiger partial charge in [0.15, 0.2) is 0 Å². The van der Waals surface area contributed by atoms with Crippen LogP contribution in [0, 0.1) is 5.92 Å². The molecule has 0 aromatic rings. The summed E-state index contributed by atoms with van der Waals surface area (Å²) in [5.74, 6) is 0.733. The zero-order valence-corrected chi connectivity index (χ0v) is 16.1. The van der Waals surface area contributed by atoms with E-state index in [0.717, 1.165) is 38.4 Å². The molecular formula is C13H35Cl4N3. The Kier molecular flexibility index (Phi) is 41.1. The molecule has 0 aliphatic rings. The van der Waals surface area contributed by atoms with Crippen molar-refractivity contribution in [3.05, 3.63) is 0 Å². The first-order valence-corrected chi connectivity index (χ1v) is 6.93. The van der Waals surface area contributed by atoms with Crippen LogP contribution >= 0.6 is 49.6 Å². The van der Waals surface area contributed by atoms with Crippen LogP contribution in [0.15, 0.2) is 0 Å². The molecule has 0 heterocycles. The van der Waals surface area contributed by atoms with Crippen molar-refractivity contribution in [1.82, 2.24) is 5.32 Å². The minimum absolute atomic E-state index is 0. The van der Waals surface area contributed by atoms with Crippen molar-refractivity contribution in [3.8, 4) is 0 Å². The standard InChI is InChI=1S/C13H31N3.4ClH/c1-3-7-13(16-4-2)12(9-11-15)8-5-6-10-14;;;;/h12-13,16H,3-11,14-15H2,1-2H3;4*1H. The fourth-order valence-corrected chi connectivity index (χ4v) is 2.39. The first kappa shape index (κ1) is 32.8. The minimum Gasteiger partial charge on any atom is -0.330 e. The summed E-state index contributed by atoms with van der Waals surface area (Å²) in [5.41, 5.74) is 11.3. The minimum atomic E-state index is 0. The first-order valence-electron chi connectivity index (χ1n) is 6.93. The number of hydrogen-bond acceptors (Lipinski definition) is 3. The van der Waals surface area contributed by atoms with E-state index in [2.05, 4.69) is 19.2 Å². The lowest BCUT2D eigenvalue weighted by Crippen LogP contribution is -2.37. The van der Waals surface area contributed by atoms with Gasteiger partial charge in [-0.1, -0.05) is 26.7 Å². The normalized spacial score (nSPS) is 12.0. The Labute approximate surface area is 150 Å². The topological polar surface area (TPSA) is 64.1 Å². The van der Waals surface area contributed by atoms with Gasteiger partial charge in [0.05, 0.1) is 0 Å². The molecule has 7 heteroatoms. The molecule has 0 spiro atoms. The van der Waals surface area contributed by atoms with Gasteiger partial charge >= 0.3 is 0 Å². The van der Waals surface area contributed by atoms with Gasteiger partial charge in [-0.3, -0.25) is 0 Å². The highest BCUT2D eigenvalue weighted by atomic mass is 35.5. The van der Waals surface area contributed by atoms with Crippen LogP contribution in [0.25, 0.3) is 0 Å². The van der Waals surface area contributed by atoms with E-state index in [0.29, 0.717) is 6.04 Å². The van der Waals surface area contributed by atoms with Crippen LogP contribution in [0.2, 0.25) is 0 Å². The molecule has 0 bridgehead atoms. The largest absolute Gasteiger partial charge is 0.330 e. The Morgan fingerprint density at radius 3 is 1.80 bits per heavy atom. The van der Waals surface area contributed by atoms with Gasteiger partial charge in [-0.2, -0.15) is 0 Å². The Morgan fingerprint density at radius 1 is 0.800 bits per heavy atom. The van der Waals surface area contributed by atoms with Gasteiger partial charge in [0.25, 0.3) is 0 Å². The first-order chi connectivity index (χ1) is 7.79. The molecular weight excluding hydrogens is 340 g/mol. The quantitative estimate of drug-likeness (QED) is 0.484. The van der Waals surface area contributed by atoms with Crippen molar-refractivity contribution < 1.29 is 0 Å². The summed E-state index contributed by atoms with van der Waals surface area (Å²) in [4.78, 5) is 0. The van der Waals surface area contributed by atoms with Gasteiger partial charge < -0.3 is 16.8 Å². The summed E-state index contributed by atoms with van der Waals surface area (Å²) < 4.78 is 0. The summed E-state index contributed by atoms with van der Waals surface area (Å²) in [6.45, 7) is 7.11. The van der Waals surface area contributed by atoms with Crippen LogP contribution in [0.5, 0.6) is 0 Å². The molecule has 0 aromatic carbocycles. The lowest BCUT2D eigenvalue weighted by Gasteiger charge is -2.27. The highest BCUT2D eigenvalue weighted by Crippen LogP contribution is 2.20. The molecule has 0 aliphatic carbocycles. The van der Waals surface area contributed by atoms with E-state index in [1.165, 1.54) is 25.7 Å². The van der Waals surface area contributed by atoms with Crippen LogP contribution in [0.4, 0.5) is 0 Å². The van der Waals surface area contributed by atoms with Crippen molar-refractivity contribution in [2.45, 2.75) is 58.4 Å². The zero-order valence-electron chi connectivity index (χ0n) is 12.8. The third-order valence-electron chi connectivity index (χ3n) is 3.20. The van der Waals surface area contributed by atoms with E-state index in [-0.39, 0.29) is 49.6 Å². The molecule has 3 nitrogen and oxygen atoms in total. The van der Waals surface area contributed by atoms with Crippen molar-refractivity contribution >= 4 is 49.6 Å². The van der Waals surface area contributed by atoms with Crippen LogP contribution < -0.4 is 16.8 Å². The summed E-state index contributed by atoms with van der Waals surface area (Å²) >= 11 is 0. The van der Waals surface area contributed by atoms with Crippen LogP contribution in [0.3, 0.4) is 0 Å². The fraction of sp³-hybridized carbons (Fsp3) is 1.00. The average Bonchev–Trinajstić information content (AvgIpc) is 2.28. The second-order valence-corrected chi connectivity index (χ2v) is 4.57. The summed E-state index contributed by atoms with van der Waals surface area (Å²) in [7, 11) is 0. The lowest BCUT2D eigenvalue weighted by molar-refractivity contribution is 0.299. The third kappa shape index (κ3) is 17.1. The zero-order chi connectivity index (χ0) is 12.2. The van der Waals surface area contributed by atoms with Crippen LogP contribution in [0.1, 0.15) is 52.4 Å². The van der Waals surface area contributed by atoms with Gasteiger partial charge in [0, 0.05) is 6.04 Å². The Hall–Kier alpha value is 1.04. The summed E-state index contributed by atoms with van der Waals surface area (Å²) in [6.07, 6.45) is 7.31. The molecule has 5 N–H and O–H groups in total. The van der Waals surface area contributed by atoms with Gasteiger partial charge in [0.1, 0.15) is 0 Å². The smallest absolute Gasteiger partial charge is 0.00955 e. The predicted molar refractivity (Wildman–Crippen MR) is 101 cm³/mol. The molecule has 0 saturated carbocycles. The second-order valence-electron chi connectivity index (χ2n) is 4.57. The monoisotopic (exact) mass is 373 g/mol. The summed E-state index contributed by atoms with van der Waals surface area (Å²) in [6, 6.07) is 0.649. The highest BCUT2D eigenvalue weighted by molar-refractivity contribution is 5.86. The van der Waals surface area contributed by atoms with Crippen molar-refractivity contribution in [2.75, 3.05) is 19.6 Å². The number of nitrogens with two attached hydrogens (primary N) is 2. The highest BCUT2D eigenvalue weighted by Gasteiger charge is 2.18. The number of rotatable bonds is 11. The summed E-state index contributed by atoms with van der Waals surface area (Å²) in [5, 5.41) is 3.61. The van der Waals surface area contributed by atoms with Gasteiger partial charge in [-0.15, -0.1) is 49.6 Å². The SMILES string of the molecule is CCCC(NCC)C(CCN)CCCCN.Cl.Cl.Cl.Cl. The van der Waals surface area contributed by atoms with Crippen LogP contribution in [-0.2, 0) is 0 Å². The number of halogens is 4. The molecule has 0 rings (SSSR count). The molecule has 0 aromatic heterocycles. The fourth-order valence-electron chi connectivity index (χ4n) is 2.39. The van der Waals surface area contributed by atoms with E-state index < -0.39 is 0 Å². The van der Waals surface area contributed by atoms with E-state index in [1.54, 1.807) is 0 Å². The van der Waals surface area contributed by atoms with E-state index in [4.69, 9.17) is 11.5 Å². The Morgan fingerprint density at radius 2 is 1.40 bits per heavy atom. The third-order valence-corrected chi connectivity index (χ3v) is 3.20. The molecule has 130 valence electrons. The Bertz CT molecular complexity index is 148. The molecule has 2 unspecified atom stereocenters.